The summed E-state index contributed by atoms with van der Waals surface area (Å²) >= 11 is 0. The molecule has 1 atom stereocenters. The highest BCUT2D eigenvalue weighted by molar-refractivity contribution is 7.89. The maximum Gasteiger partial charge on any atom is 0.258 e. The predicted octanol–water partition coefficient (Wildman–Crippen LogP) is 1.51. The van der Waals surface area contributed by atoms with Crippen LogP contribution < -0.4 is 4.72 Å². The van der Waals surface area contributed by atoms with E-state index in [1.54, 1.807) is 0 Å². The van der Waals surface area contributed by atoms with E-state index in [0.717, 1.165) is 0 Å². The Morgan fingerprint density at radius 2 is 1.82 bits per heavy atom. The SMILES string of the molecule is O=S(=O)(NC(CO)c1cc(F)c(F)c(F)c1)c1ccccn1. The summed E-state index contributed by atoms with van der Waals surface area (Å²) in [6.07, 6.45) is 1.25. The number of sulfonamides is 1. The van der Waals surface area contributed by atoms with Gasteiger partial charge in [0.15, 0.2) is 22.5 Å². The summed E-state index contributed by atoms with van der Waals surface area (Å²) in [6.45, 7) is -0.781. The van der Waals surface area contributed by atoms with Crippen LogP contribution in [0.25, 0.3) is 0 Å². The summed E-state index contributed by atoms with van der Waals surface area (Å²) in [4.78, 5) is 3.64. The topological polar surface area (TPSA) is 79.3 Å². The zero-order chi connectivity index (χ0) is 16.3. The molecule has 0 amide bonds. The fourth-order valence-electron chi connectivity index (χ4n) is 1.74. The predicted molar refractivity (Wildman–Crippen MR) is 70.7 cm³/mol. The van der Waals surface area contributed by atoms with Crippen LogP contribution >= 0.6 is 0 Å². The number of hydrogen-bond acceptors (Lipinski definition) is 4. The number of nitrogens with one attached hydrogen (secondary N) is 1. The van der Waals surface area contributed by atoms with Crippen molar-refractivity contribution >= 4 is 10.0 Å². The van der Waals surface area contributed by atoms with Crippen LogP contribution in [0.1, 0.15) is 11.6 Å². The van der Waals surface area contributed by atoms with Crippen molar-refractivity contribution in [2.45, 2.75) is 11.1 Å². The molecule has 0 aliphatic heterocycles. The summed E-state index contributed by atoms with van der Waals surface area (Å²) in [5.41, 5.74) is -0.251. The average Bonchev–Trinajstić information content (AvgIpc) is 2.50. The van der Waals surface area contributed by atoms with Crippen molar-refractivity contribution in [3.8, 4) is 0 Å². The van der Waals surface area contributed by atoms with E-state index in [4.69, 9.17) is 0 Å². The van der Waals surface area contributed by atoms with E-state index in [0.29, 0.717) is 12.1 Å². The molecule has 22 heavy (non-hydrogen) atoms. The molecule has 0 bridgehead atoms. The molecule has 1 unspecified atom stereocenters. The van der Waals surface area contributed by atoms with Gasteiger partial charge in [-0.2, -0.15) is 4.72 Å². The van der Waals surface area contributed by atoms with Crippen LogP contribution in [0.3, 0.4) is 0 Å². The normalized spacial score (nSPS) is 13.1. The minimum absolute atomic E-state index is 0.251. The fourth-order valence-corrected chi connectivity index (χ4v) is 2.90. The number of halogens is 3. The van der Waals surface area contributed by atoms with E-state index in [9.17, 15) is 26.7 Å². The van der Waals surface area contributed by atoms with Gasteiger partial charge in [0.1, 0.15) is 0 Å². The summed E-state index contributed by atoms with van der Waals surface area (Å²) in [6, 6.07) is 4.03. The molecule has 0 fully saturated rings. The lowest BCUT2D eigenvalue weighted by atomic mass is 10.1. The zero-order valence-electron chi connectivity index (χ0n) is 11.0. The molecule has 118 valence electrons. The molecule has 2 aromatic rings. The van der Waals surface area contributed by atoms with E-state index in [-0.39, 0.29) is 10.6 Å². The van der Waals surface area contributed by atoms with Crippen LogP contribution in [-0.2, 0) is 10.0 Å². The summed E-state index contributed by atoms with van der Waals surface area (Å²) in [5, 5.41) is 8.93. The van der Waals surface area contributed by atoms with Crippen molar-refractivity contribution in [3.05, 3.63) is 59.5 Å². The van der Waals surface area contributed by atoms with Crippen molar-refractivity contribution in [1.82, 2.24) is 9.71 Å². The maximum absolute atomic E-state index is 13.2. The quantitative estimate of drug-likeness (QED) is 0.814. The number of aliphatic hydroxyl groups excluding tert-OH is 1. The van der Waals surface area contributed by atoms with Crippen molar-refractivity contribution in [3.63, 3.8) is 0 Å². The first kappa shape index (κ1) is 16.4. The molecule has 5 nitrogen and oxygen atoms in total. The highest BCUT2D eigenvalue weighted by atomic mass is 32.2. The lowest BCUT2D eigenvalue weighted by molar-refractivity contribution is 0.258. The molecular formula is C13H11F3N2O3S. The van der Waals surface area contributed by atoms with Gasteiger partial charge in [-0.3, -0.25) is 0 Å². The van der Waals surface area contributed by atoms with Crippen molar-refractivity contribution in [1.29, 1.82) is 0 Å². The van der Waals surface area contributed by atoms with Crippen molar-refractivity contribution in [2.75, 3.05) is 6.61 Å². The molecule has 0 saturated carbocycles. The first-order chi connectivity index (χ1) is 10.3. The van der Waals surface area contributed by atoms with Gasteiger partial charge in [-0.15, -0.1) is 0 Å². The average molecular weight is 332 g/mol. The maximum atomic E-state index is 13.2. The monoisotopic (exact) mass is 332 g/mol. The van der Waals surface area contributed by atoms with Gasteiger partial charge in [0.2, 0.25) is 0 Å². The molecule has 1 heterocycles. The minimum Gasteiger partial charge on any atom is -0.394 e. The zero-order valence-corrected chi connectivity index (χ0v) is 11.8. The van der Waals surface area contributed by atoms with Crippen LogP contribution in [-0.4, -0.2) is 25.1 Å². The number of nitrogens with zero attached hydrogens (tertiary/aromatic N) is 1. The molecule has 2 N–H and O–H groups in total. The highest BCUT2D eigenvalue weighted by Gasteiger charge is 2.24. The van der Waals surface area contributed by atoms with Crippen LogP contribution in [0.2, 0.25) is 0 Å². The second kappa shape index (κ2) is 6.42. The van der Waals surface area contributed by atoms with E-state index >= 15 is 0 Å². The van der Waals surface area contributed by atoms with E-state index in [1.807, 2.05) is 0 Å². The number of aromatic nitrogens is 1. The summed E-state index contributed by atoms with van der Waals surface area (Å²) in [7, 11) is -4.12. The standard InChI is InChI=1S/C13H11F3N2O3S/c14-9-5-8(6-10(15)13(9)16)11(7-19)18-22(20,21)12-3-1-2-4-17-12/h1-6,11,18-19H,7H2. The van der Waals surface area contributed by atoms with Gasteiger partial charge in [-0.25, -0.2) is 26.6 Å². The smallest absolute Gasteiger partial charge is 0.258 e. The van der Waals surface area contributed by atoms with E-state index in [2.05, 4.69) is 9.71 Å². The molecule has 0 saturated heterocycles. The largest absolute Gasteiger partial charge is 0.394 e. The minimum atomic E-state index is -4.12. The lowest BCUT2D eigenvalue weighted by Gasteiger charge is -2.17. The summed E-state index contributed by atoms with van der Waals surface area (Å²) < 4.78 is 65.5. The molecular weight excluding hydrogens is 321 g/mol. The Bertz CT molecular complexity index is 746. The van der Waals surface area contributed by atoms with E-state index < -0.39 is 40.1 Å². The van der Waals surface area contributed by atoms with Crippen LogP contribution in [0, 0.1) is 17.5 Å². The Morgan fingerprint density at radius 1 is 1.18 bits per heavy atom. The Labute approximate surface area is 124 Å². The van der Waals surface area contributed by atoms with Crippen LogP contribution in [0.5, 0.6) is 0 Å². The molecule has 1 aromatic heterocycles. The third kappa shape index (κ3) is 3.43. The van der Waals surface area contributed by atoms with Gasteiger partial charge >= 0.3 is 0 Å². The number of pyridine rings is 1. The Kier molecular flexibility index (Phi) is 4.79. The number of hydrogen-bond donors (Lipinski definition) is 2. The number of rotatable bonds is 5. The molecule has 9 heteroatoms. The van der Waals surface area contributed by atoms with Gasteiger partial charge in [0, 0.05) is 6.20 Å². The Hall–Kier alpha value is -1.97. The third-order valence-corrected chi connectivity index (χ3v) is 4.19. The number of aliphatic hydroxyl groups is 1. The van der Waals surface area contributed by atoms with Gasteiger partial charge in [0.05, 0.1) is 12.6 Å². The second-order valence-corrected chi connectivity index (χ2v) is 5.98. The molecule has 0 spiro atoms. The van der Waals surface area contributed by atoms with E-state index in [1.165, 1.54) is 24.4 Å². The molecule has 0 radical (unpaired) electrons. The van der Waals surface area contributed by atoms with Crippen LogP contribution in [0.4, 0.5) is 13.2 Å². The van der Waals surface area contributed by atoms with Crippen molar-refractivity contribution in [2.24, 2.45) is 0 Å². The molecule has 0 aliphatic carbocycles. The third-order valence-electron chi connectivity index (χ3n) is 2.80. The van der Waals surface area contributed by atoms with Crippen molar-refractivity contribution < 1.29 is 26.7 Å². The lowest BCUT2D eigenvalue weighted by Crippen LogP contribution is -2.31. The highest BCUT2D eigenvalue weighted by Crippen LogP contribution is 2.21. The van der Waals surface area contributed by atoms with Gasteiger partial charge in [-0.1, -0.05) is 6.07 Å². The second-order valence-electron chi connectivity index (χ2n) is 4.32. The molecule has 2 rings (SSSR count). The Morgan fingerprint density at radius 3 is 2.32 bits per heavy atom. The Balaban J connectivity index is 2.34. The van der Waals surface area contributed by atoms with Crippen LogP contribution in [0.15, 0.2) is 41.6 Å². The number of benzene rings is 1. The van der Waals surface area contributed by atoms with Gasteiger partial charge in [0.25, 0.3) is 10.0 Å². The first-order valence-electron chi connectivity index (χ1n) is 6.04. The fraction of sp³-hybridized carbons (Fsp3) is 0.154. The van der Waals surface area contributed by atoms with Gasteiger partial charge in [-0.05, 0) is 29.8 Å². The molecule has 1 aromatic carbocycles. The first-order valence-corrected chi connectivity index (χ1v) is 7.52. The summed E-state index contributed by atoms with van der Waals surface area (Å²) in [5.74, 6) is -4.64. The molecule has 0 aliphatic rings. The van der Waals surface area contributed by atoms with Gasteiger partial charge < -0.3 is 5.11 Å².